The number of nitrogens with zero attached hydrogens (tertiary/aromatic N) is 3. The highest BCUT2D eigenvalue weighted by molar-refractivity contribution is 6.30. The van der Waals surface area contributed by atoms with Crippen LogP contribution in [0.4, 0.5) is 0 Å². The molecule has 2 heterocycles. The Balaban J connectivity index is 1.55. The van der Waals surface area contributed by atoms with Crippen molar-refractivity contribution in [1.82, 2.24) is 9.58 Å². The predicted octanol–water partition coefficient (Wildman–Crippen LogP) is 6.04. The van der Waals surface area contributed by atoms with Crippen molar-refractivity contribution < 1.29 is 4.79 Å². The summed E-state index contributed by atoms with van der Waals surface area (Å²) in [6.07, 6.45) is 2.86. The second kappa shape index (κ2) is 8.05. The molecule has 5 rings (SSSR count). The monoisotopic (exact) mass is 427 g/mol. The van der Waals surface area contributed by atoms with Crippen molar-refractivity contribution in [3.05, 3.63) is 107 Å². The number of carbonyl (C=O) groups is 1. The Morgan fingerprint density at radius 3 is 2.45 bits per heavy atom. The number of benzene rings is 3. The molecule has 1 unspecified atom stereocenters. The van der Waals surface area contributed by atoms with Gasteiger partial charge in [-0.25, -0.2) is 5.01 Å². The molecule has 1 aromatic heterocycles. The lowest BCUT2D eigenvalue weighted by molar-refractivity contribution is -0.130. The molecular formula is C26H22ClN3O. The molecular weight excluding hydrogens is 406 g/mol. The molecule has 1 aliphatic heterocycles. The third kappa shape index (κ3) is 3.75. The first-order valence-corrected chi connectivity index (χ1v) is 10.7. The Bertz CT molecular complexity index is 1280. The molecule has 0 saturated carbocycles. The van der Waals surface area contributed by atoms with Gasteiger partial charge in [-0.05, 0) is 29.3 Å². The maximum atomic E-state index is 12.5. The zero-order valence-electron chi connectivity index (χ0n) is 17.2. The lowest BCUT2D eigenvalue weighted by Gasteiger charge is -2.19. The summed E-state index contributed by atoms with van der Waals surface area (Å²) in [6.45, 7) is 2.31. The largest absolute Gasteiger partial charge is 0.343 e. The number of hydrogen-bond acceptors (Lipinski definition) is 2. The topological polar surface area (TPSA) is 37.6 Å². The van der Waals surface area contributed by atoms with Gasteiger partial charge in [0.2, 0.25) is 5.91 Å². The fourth-order valence-corrected chi connectivity index (χ4v) is 4.43. The summed E-state index contributed by atoms with van der Waals surface area (Å²) >= 11 is 6.05. The number of hydrogen-bond donors (Lipinski definition) is 0. The second-order valence-corrected chi connectivity index (χ2v) is 8.29. The van der Waals surface area contributed by atoms with Crippen LogP contribution in [-0.4, -0.2) is 21.2 Å². The van der Waals surface area contributed by atoms with Gasteiger partial charge in [0.15, 0.2) is 0 Å². The van der Waals surface area contributed by atoms with Gasteiger partial charge in [-0.2, -0.15) is 5.10 Å². The van der Waals surface area contributed by atoms with Crippen LogP contribution in [0.25, 0.3) is 10.9 Å². The third-order valence-electron chi connectivity index (χ3n) is 5.78. The summed E-state index contributed by atoms with van der Waals surface area (Å²) in [6, 6.07) is 26.2. The fourth-order valence-electron chi connectivity index (χ4n) is 4.31. The van der Waals surface area contributed by atoms with E-state index >= 15 is 0 Å². The van der Waals surface area contributed by atoms with Crippen molar-refractivity contribution in [3.8, 4) is 0 Å². The van der Waals surface area contributed by atoms with Crippen molar-refractivity contribution in [2.45, 2.75) is 25.9 Å². The van der Waals surface area contributed by atoms with Crippen LogP contribution in [0.1, 0.15) is 36.1 Å². The van der Waals surface area contributed by atoms with Gasteiger partial charge in [0.1, 0.15) is 0 Å². The molecule has 0 aliphatic carbocycles. The Hall–Kier alpha value is -3.37. The Morgan fingerprint density at radius 1 is 1.00 bits per heavy atom. The van der Waals surface area contributed by atoms with Gasteiger partial charge < -0.3 is 4.57 Å². The summed E-state index contributed by atoms with van der Waals surface area (Å²) in [5.41, 5.74) is 5.43. The fraction of sp³-hybridized carbons (Fsp3) is 0.154. The molecule has 0 radical (unpaired) electrons. The van der Waals surface area contributed by atoms with Crippen LogP contribution in [0.2, 0.25) is 5.02 Å². The molecule has 31 heavy (non-hydrogen) atoms. The van der Waals surface area contributed by atoms with E-state index < -0.39 is 0 Å². The molecule has 0 bridgehead atoms. The number of carbonyl (C=O) groups excluding carboxylic acids is 1. The van der Waals surface area contributed by atoms with Crippen LogP contribution < -0.4 is 0 Å². The number of aromatic nitrogens is 1. The molecule has 0 fully saturated rings. The van der Waals surface area contributed by atoms with Crippen molar-refractivity contribution in [1.29, 1.82) is 0 Å². The minimum absolute atomic E-state index is 0.0505. The summed E-state index contributed by atoms with van der Waals surface area (Å²) in [5, 5.41) is 8.22. The van der Waals surface area contributed by atoms with Gasteiger partial charge in [-0.15, -0.1) is 0 Å². The zero-order chi connectivity index (χ0) is 21.4. The number of halogens is 1. The number of hydrazone groups is 1. The van der Waals surface area contributed by atoms with Gasteiger partial charge >= 0.3 is 0 Å². The quantitative estimate of drug-likeness (QED) is 0.391. The maximum Gasteiger partial charge on any atom is 0.240 e. The second-order valence-electron chi connectivity index (χ2n) is 7.85. The van der Waals surface area contributed by atoms with Crippen LogP contribution in [0.5, 0.6) is 0 Å². The van der Waals surface area contributed by atoms with E-state index in [1.165, 1.54) is 5.56 Å². The molecule has 5 heteroatoms. The Morgan fingerprint density at radius 2 is 1.71 bits per heavy atom. The number of para-hydroxylation sites is 1. The Kier molecular flexibility index (Phi) is 5.08. The van der Waals surface area contributed by atoms with Gasteiger partial charge in [-0.3, -0.25) is 4.79 Å². The van der Waals surface area contributed by atoms with Crippen LogP contribution in [0, 0.1) is 0 Å². The van der Waals surface area contributed by atoms with Crippen molar-refractivity contribution in [3.63, 3.8) is 0 Å². The lowest BCUT2D eigenvalue weighted by Crippen LogP contribution is -2.24. The Labute approximate surface area is 186 Å². The van der Waals surface area contributed by atoms with E-state index in [1.807, 2.05) is 66.7 Å². The molecule has 0 N–H and O–H groups in total. The van der Waals surface area contributed by atoms with E-state index in [0.29, 0.717) is 6.42 Å². The van der Waals surface area contributed by atoms with Crippen molar-refractivity contribution in [2.75, 3.05) is 0 Å². The van der Waals surface area contributed by atoms with Gasteiger partial charge in [0.25, 0.3) is 0 Å². The highest BCUT2D eigenvalue weighted by atomic mass is 35.5. The standard InChI is InChI=1S/C26H22ClN3O/c1-18(31)30-26(15-24(28-30)20-7-3-2-4-8-20)23-17-29(25-10-6-5-9-22(23)25)16-19-11-13-21(27)14-12-19/h2-14,17,26H,15-16H2,1H3. The summed E-state index contributed by atoms with van der Waals surface area (Å²) in [7, 11) is 0. The molecule has 1 aliphatic rings. The maximum absolute atomic E-state index is 12.5. The third-order valence-corrected chi connectivity index (χ3v) is 6.04. The molecule has 1 atom stereocenters. The van der Waals surface area contributed by atoms with Crippen LogP contribution in [0.3, 0.4) is 0 Å². The van der Waals surface area contributed by atoms with Crippen molar-refractivity contribution in [2.24, 2.45) is 5.10 Å². The van der Waals surface area contributed by atoms with E-state index in [1.54, 1.807) is 11.9 Å². The summed E-state index contributed by atoms with van der Waals surface area (Å²) < 4.78 is 2.24. The first-order valence-electron chi connectivity index (χ1n) is 10.3. The number of fused-ring (bicyclic) bond motifs is 1. The first-order chi connectivity index (χ1) is 15.1. The molecule has 0 saturated heterocycles. The highest BCUT2D eigenvalue weighted by Gasteiger charge is 2.33. The minimum atomic E-state index is -0.121. The SMILES string of the molecule is CC(=O)N1N=C(c2ccccc2)CC1c1cn(Cc2ccc(Cl)cc2)c2ccccc12. The van der Waals surface area contributed by atoms with E-state index in [-0.39, 0.29) is 11.9 Å². The molecule has 4 aromatic rings. The average Bonchev–Trinajstić information content (AvgIpc) is 3.38. The highest BCUT2D eigenvalue weighted by Crippen LogP contribution is 2.37. The van der Waals surface area contributed by atoms with Crippen LogP contribution >= 0.6 is 11.6 Å². The van der Waals surface area contributed by atoms with E-state index in [4.69, 9.17) is 16.7 Å². The van der Waals surface area contributed by atoms with Gasteiger partial charge in [0, 0.05) is 47.6 Å². The lowest BCUT2D eigenvalue weighted by atomic mass is 9.98. The zero-order valence-corrected chi connectivity index (χ0v) is 18.0. The number of amides is 1. The predicted molar refractivity (Wildman–Crippen MR) is 125 cm³/mol. The molecule has 3 aromatic carbocycles. The van der Waals surface area contributed by atoms with E-state index in [9.17, 15) is 4.79 Å². The molecule has 1 amide bonds. The normalized spacial score (nSPS) is 16.0. The minimum Gasteiger partial charge on any atom is -0.343 e. The van der Waals surface area contributed by atoms with E-state index in [2.05, 4.69) is 22.9 Å². The van der Waals surface area contributed by atoms with Crippen molar-refractivity contribution >= 4 is 34.1 Å². The summed E-state index contributed by atoms with van der Waals surface area (Å²) in [5.74, 6) is -0.0505. The van der Waals surface area contributed by atoms with Gasteiger partial charge in [-0.1, -0.05) is 72.3 Å². The number of rotatable bonds is 4. The molecule has 0 spiro atoms. The van der Waals surface area contributed by atoms with Gasteiger partial charge in [0.05, 0.1) is 11.8 Å². The molecule has 154 valence electrons. The molecule has 4 nitrogen and oxygen atoms in total. The van der Waals surface area contributed by atoms with Crippen LogP contribution in [-0.2, 0) is 11.3 Å². The first kappa shape index (κ1) is 19.6. The van der Waals surface area contributed by atoms with Crippen LogP contribution in [0.15, 0.2) is 90.2 Å². The smallest absolute Gasteiger partial charge is 0.240 e. The van der Waals surface area contributed by atoms with E-state index in [0.717, 1.165) is 39.3 Å². The summed E-state index contributed by atoms with van der Waals surface area (Å²) in [4.78, 5) is 12.5. The average molecular weight is 428 g/mol.